The van der Waals surface area contributed by atoms with E-state index in [0.717, 1.165) is 17.4 Å². The molecule has 0 radical (unpaired) electrons. The van der Waals surface area contributed by atoms with Crippen LogP contribution >= 0.6 is 0 Å². The maximum absolute atomic E-state index is 9.34. The molecule has 0 saturated carbocycles. The number of benzene rings is 1. The molecular formula is C11H12NO+. The van der Waals surface area contributed by atoms with Gasteiger partial charge in [0, 0.05) is 11.5 Å². The molecule has 0 unspecified atom stereocenters. The summed E-state index contributed by atoms with van der Waals surface area (Å²) in [4.78, 5) is 0. The van der Waals surface area contributed by atoms with Gasteiger partial charge >= 0.3 is 0 Å². The first-order valence-corrected chi connectivity index (χ1v) is 4.42. The minimum Gasteiger partial charge on any atom is -0.508 e. The molecule has 2 heteroatoms. The highest BCUT2D eigenvalue weighted by Crippen LogP contribution is 2.15. The fraction of sp³-hybridized carbons (Fsp3) is 0.182. The van der Waals surface area contributed by atoms with Crippen molar-refractivity contribution in [2.75, 3.05) is 0 Å². The van der Waals surface area contributed by atoms with Gasteiger partial charge in [0.1, 0.15) is 12.3 Å². The largest absolute Gasteiger partial charge is 0.508 e. The number of aryl methyl sites for hydroxylation is 1. The first kappa shape index (κ1) is 8.05. The van der Waals surface area contributed by atoms with Crippen LogP contribution in [-0.2, 0) is 6.54 Å². The molecule has 2 rings (SSSR count). The van der Waals surface area contributed by atoms with Gasteiger partial charge in [0.15, 0.2) is 6.20 Å². The minimum absolute atomic E-state index is 0.320. The summed E-state index contributed by atoms with van der Waals surface area (Å²) in [5, 5.41) is 10.5. The maximum atomic E-state index is 9.34. The van der Waals surface area contributed by atoms with E-state index in [0.29, 0.717) is 5.75 Å². The van der Waals surface area contributed by atoms with Gasteiger partial charge < -0.3 is 5.11 Å². The van der Waals surface area contributed by atoms with Gasteiger partial charge in [-0.25, -0.2) is 0 Å². The zero-order valence-electron chi connectivity index (χ0n) is 7.57. The molecule has 0 aliphatic carbocycles. The Hall–Kier alpha value is -1.57. The smallest absolute Gasteiger partial charge is 0.216 e. The van der Waals surface area contributed by atoms with Crippen LogP contribution in [0, 0.1) is 0 Å². The van der Waals surface area contributed by atoms with E-state index in [2.05, 4.69) is 11.5 Å². The van der Waals surface area contributed by atoms with Gasteiger partial charge in [-0.1, -0.05) is 0 Å². The number of hydrogen-bond donors (Lipinski definition) is 1. The molecule has 0 bridgehead atoms. The van der Waals surface area contributed by atoms with Crippen molar-refractivity contribution in [1.82, 2.24) is 0 Å². The Balaban J connectivity index is 2.79. The Labute approximate surface area is 77.1 Å². The first-order valence-electron chi connectivity index (χ1n) is 4.42. The first-order chi connectivity index (χ1) is 6.31. The number of aromatic nitrogens is 1. The van der Waals surface area contributed by atoms with E-state index >= 15 is 0 Å². The summed E-state index contributed by atoms with van der Waals surface area (Å²) >= 11 is 0. The van der Waals surface area contributed by atoms with Gasteiger partial charge in [-0.05, 0) is 25.1 Å². The van der Waals surface area contributed by atoms with E-state index in [1.165, 1.54) is 0 Å². The lowest BCUT2D eigenvalue weighted by atomic mass is 10.2. The molecule has 13 heavy (non-hydrogen) atoms. The number of hydrogen-bond acceptors (Lipinski definition) is 1. The highest BCUT2D eigenvalue weighted by molar-refractivity contribution is 5.76. The van der Waals surface area contributed by atoms with E-state index in [9.17, 15) is 5.11 Å². The standard InChI is InChI=1S/C11H11NO/c1-2-12-7-3-4-9-5-6-10(13)8-11(9)12/h3-8H,2H2,1H3/p+1. The zero-order chi connectivity index (χ0) is 9.26. The van der Waals surface area contributed by atoms with E-state index in [-0.39, 0.29) is 0 Å². The average Bonchev–Trinajstić information content (AvgIpc) is 2.17. The molecule has 1 heterocycles. The van der Waals surface area contributed by atoms with Crippen molar-refractivity contribution in [1.29, 1.82) is 0 Å². The van der Waals surface area contributed by atoms with Gasteiger partial charge in [0.05, 0.1) is 6.07 Å². The third kappa shape index (κ3) is 1.35. The van der Waals surface area contributed by atoms with Gasteiger partial charge in [-0.2, -0.15) is 4.57 Å². The quantitative estimate of drug-likeness (QED) is 0.655. The average molecular weight is 174 g/mol. The monoisotopic (exact) mass is 174 g/mol. The molecule has 0 fully saturated rings. The summed E-state index contributed by atoms with van der Waals surface area (Å²) in [6, 6.07) is 9.49. The van der Waals surface area contributed by atoms with Crippen molar-refractivity contribution < 1.29 is 9.67 Å². The van der Waals surface area contributed by atoms with Crippen molar-refractivity contribution in [2.45, 2.75) is 13.5 Å². The Morgan fingerprint density at radius 2 is 2.15 bits per heavy atom. The molecule has 66 valence electrons. The number of rotatable bonds is 1. The second-order valence-corrected chi connectivity index (χ2v) is 3.04. The molecule has 0 spiro atoms. The molecule has 2 nitrogen and oxygen atoms in total. The second-order valence-electron chi connectivity index (χ2n) is 3.04. The Bertz CT molecular complexity index is 437. The molecule has 1 aromatic heterocycles. The zero-order valence-corrected chi connectivity index (χ0v) is 7.57. The Morgan fingerprint density at radius 1 is 1.31 bits per heavy atom. The van der Waals surface area contributed by atoms with E-state index in [4.69, 9.17) is 0 Å². The van der Waals surface area contributed by atoms with E-state index < -0.39 is 0 Å². The maximum Gasteiger partial charge on any atom is 0.216 e. The third-order valence-corrected chi connectivity index (χ3v) is 2.21. The summed E-state index contributed by atoms with van der Waals surface area (Å²) < 4.78 is 2.11. The molecule has 0 atom stereocenters. The molecule has 2 aromatic rings. The molecule has 0 amide bonds. The Kier molecular flexibility index (Phi) is 1.89. The van der Waals surface area contributed by atoms with Crippen LogP contribution in [0.5, 0.6) is 5.75 Å². The lowest BCUT2D eigenvalue weighted by molar-refractivity contribution is -0.667. The number of phenols is 1. The SMILES string of the molecule is CC[n+]1cccc2ccc(O)cc21. The fourth-order valence-electron chi connectivity index (χ4n) is 1.53. The lowest BCUT2D eigenvalue weighted by Crippen LogP contribution is -2.32. The molecule has 0 saturated heterocycles. The lowest BCUT2D eigenvalue weighted by Gasteiger charge is -1.98. The summed E-state index contributed by atoms with van der Waals surface area (Å²) in [5.74, 6) is 0.320. The van der Waals surface area contributed by atoms with Gasteiger partial charge in [-0.15, -0.1) is 0 Å². The van der Waals surface area contributed by atoms with Gasteiger partial charge in [-0.3, -0.25) is 0 Å². The topological polar surface area (TPSA) is 24.1 Å². The van der Waals surface area contributed by atoms with Crippen LogP contribution in [0.2, 0.25) is 0 Å². The van der Waals surface area contributed by atoms with Crippen molar-refractivity contribution in [3.8, 4) is 5.75 Å². The number of aromatic hydroxyl groups is 1. The molecule has 0 aliphatic heterocycles. The van der Waals surface area contributed by atoms with Crippen LogP contribution in [0.25, 0.3) is 10.9 Å². The van der Waals surface area contributed by atoms with Crippen molar-refractivity contribution >= 4 is 10.9 Å². The normalized spacial score (nSPS) is 10.5. The number of phenolic OH excluding ortho intramolecular Hbond substituents is 1. The number of nitrogens with zero attached hydrogens (tertiary/aromatic N) is 1. The highest BCUT2D eigenvalue weighted by atomic mass is 16.3. The number of pyridine rings is 1. The van der Waals surface area contributed by atoms with Crippen LogP contribution < -0.4 is 4.57 Å². The minimum atomic E-state index is 0.320. The summed E-state index contributed by atoms with van der Waals surface area (Å²) in [7, 11) is 0. The van der Waals surface area contributed by atoms with Gasteiger partial charge in [0.25, 0.3) is 0 Å². The van der Waals surface area contributed by atoms with Crippen LogP contribution in [0.4, 0.5) is 0 Å². The second kappa shape index (κ2) is 3.05. The summed E-state index contributed by atoms with van der Waals surface area (Å²) in [6.45, 7) is 3.00. The molecule has 1 N–H and O–H groups in total. The summed E-state index contributed by atoms with van der Waals surface area (Å²) in [6.07, 6.45) is 2.02. The van der Waals surface area contributed by atoms with Crippen LogP contribution in [0.3, 0.4) is 0 Å². The molecular weight excluding hydrogens is 162 g/mol. The van der Waals surface area contributed by atoms with Crippen molar-refractivity contribution in [3.63, 3.8) is 0 Å². The number of fused-ring (bicyclic) bond motifs is 1. The van der Waals surface area contributed by atoms with Gasteiger partial charge in [0.2, 0.25) is 5.52 Å². The highest BCUT2D eigenvalue weighted by Gasteiger charge is 2.05. The third-order valence-electron chi connectivity index (χ3n) is 2.21. The van der Waals surface area contributed by atoms with Crippen molar-refractivity contribution in [3.05, 3.63) is 36.5 Å². The summed E-state index contributed by atoms with van der Waals surface area (Å²) in [5.41, 5.74) is 1.07. The molecule has 1 aromatic carbocycles. The van der Waals surface area contributed by atoms with E-state index in [1.54, 1.807) is 12.1 Å². The van der Waals surface area contributed by atoms with Crippen molar-refractivity contribution in [2.24, 2.45) is 0 Å². The van der Waals surface area contributed by atoms with Crippen LogP contribution in [0.15, 0.2) is 36.5 Å². The van der Waals surface area contributed by atoms with Crippen LogP contribution in [0.1, 0.15) is 6.92 Å². The fourth-order valence-corrected chi connectivity index (χ4v) is 1.53. The van der Waals surface area contributed by atoms with E-state index in [1.807, 2.05) is 24.4 Å². The molecule has 0 aliphatic rings. The van der Waals surface area contributed by atoms with Crippen LogP contribution in [-0.4, -0.2) is 5.11 Å². The predicted molar refractivity (Wildman–Crippen MR) is 51.5 cm³/mol. The Morgan fingerprint density at radius 3 is 2.92 bits per heavy atom. The predicted octanol–water partition coefficient (Wildman–Crippen LogP) is 1.85.